The van der Waals surface area contributed by atoms with E-state index in [0.29, 0.717) is 42.2 Å². The summed E-state index contributed by atoms with van der Waals surface area (Å²) in [5.74, 6) is -1.04. The number of likely N-dealkylation sites (N-methyl/N-ethyl adjacent to an activating group) is 1. The van der Waals surface area contributed by atoms with E-state index in [1.807, 2.05) is 24.3 Å². The summed E-state index contributed by atoms with van der Waals surface area (Å²) >= 11 is 1.29. The first-order chi connectivity index (χ1) is 15.4. The predicted octanol–water partition coefficient (Wildman–Crippen LogP) is 3.25. The lowest BCUT2D eigenvalue weighted by atomic mass is 9.86. The Balaban J connectivity index is 1.49. The second kappa shape index (κ2) is 9.05. The maximum absolute atomic E-state index is 13.5. The molecule has 1 aliphatic rings. The van der Waals surface area contributed by atoms with Crippen LogP contribution in [0, 0.1) is 5.82 Å². The number of piperidine rings is 1. The minimum Gasteiger partial charge on any atom is -0.370 e. The van der Waals surface area contributed by atoms with Crippen LogP contribution in [0.25, 0.3) is 10.6 Å². The minimum atomic E-state index is -0.706. The molecule has 2 aromatic carbocycles. The van der Waals surface area contributed by atoms with E-state index in [-0.39, 0.29) is 23.3 Å². The molecule has 1 aliphatic heterocycles. The number of nitrogens with one attached hydrogen (secondary N) is 2. The van der Waals surface area contributed by atoms with Gasteiger partial charge in [0.15, 0.2) is 0 Å². The lowest BCUT2D eigenvalue weighted by Gasteiger charge is -2.41. The van der Waals surface area contributed by atoms with Crippen molar-refractivity contribution in [3.8, 4) is 10.6 Å². The van der Waals surface area contributed by atoms with Gasteiger partial charge in [-0.2, -0.15) is 0 Å². The third-order valence-corrected chi connectivity index (χ3v) is 6.76. The molecular formula is C23H24FN5O2S. The Morgan fingerprint density at radius 3 is 2.59 bits per heavy atom. The second-order valence-corrected chi connectivity index (χ2v) is 8.56. The number of para-hydroxylation sites is 2. The van der Waals surface area contributed by atoms with Crippen molar-refractivity contribution in [3.05, 3.63) is 65.4 Å². The third kappa shape index (κ3) is 4.35. The van der Waals surface area contributed by atoms with Crippen LogP contribution in [0.3, 0.4) is 0 Å². The van der Waals surface area contributed by atoms with Gasteiger partial charge in [0, 0.05) is 24.0 Å². The number of rotatable bonds is 6. The van der Waals surface area contributed by atoms with Crippen molar-refractivity contribution in [1.82, 2.24) is 10.3 Å². The highest BCUT2D eigenvalue weighted by atomic mass is 32.1. The maximum Gasteiger partial charge on any atom is 0.275 e. The van der Waals surface area contributed by atoms with Crippen LogP contribution in [0.1, 0.15) is 23.3 Å². The quantitative estimate of drug-likeness (QED) is 0.532. The number of nitrogens with zero attached hydrogens (tertiary/aromatic N) is 2. The van der Waals surface area contributed by atoms with Gasteiger partial charge in [-0.05, 0) is 44.2 Å². The highest BCUT2D eigenvalue weighted by Gasteiger charge is 2.38. The predicted molar refractivity (Wildman–Crippen MR) is 124 cm³/mol. The number of aromatic nitrogens is 1. The van der Waals surface area contributed by atoms with Gasteiger partial charge in [0.25, 0.3) is 5.91 Å². The van der Waals surface area contributed by atoms with Crippen LogP contribution in [-0.2, 0) is 4.79 Å². The Kier molecular flexibility index (Phi) is 6.20. The first kappa shape index (κ1) is 21.9. The van der Waals surface area contributed by atoms with Crippen LogP contribution in [-0.4, -0.2) is 42.5 Å². The van der Waals surface area contributed by atoms with Crippen LogP contribution in [0.4, 0.5) is 15.8 Å². The molecule has 1 saturated heterocycles. The molecule has 0 spiro atoms. The fourth-order valence-corrected chi connectivity index (χ4v) is 4.72. The largest absolute Gasteiger partial charge is 0.370 e. The molecule has 0 radical (unpaired) electrons. The van der Waals surface area contributed by atoms with Gasteiger partial charge >= 0.3 is 0 Å². The van der Waals surface area contributed by atoms with Gasteiger partial charge in [-0.1, -0.05) is 24.3 Å². The number of nitrogens with two attached hydrogens (primary N) is 1. The molecule has 166 valence electrons. The molecule has 0 unspecified atom stereocenters. The molecule has 2 heterocycles. The fraction of sp³-hybridized carbons (Fsp3) is 0.261. The van der Waals surface area contributed by atoms with E-state index in [0.717, 1.165) is 5.69 Å². The molecule has 0 saturated carbocycles. The van der Waals surface area contributed by atoms with Gasteiger partial charge in [0.1, 0.15) is 22.1 Å². The lowest BCUT2D eigenvalue weighted by molar-refractivity contribution is -0.125. The SMILES string of the molecule is CNC1(C(N)=O)CCN(c2ccccc2NC(=O)c2csc(-c3cccc(F)c3)n2)CC1. The standard InChI is InChI=1S/C23H24FN5O2S/c1-26-23(22(25)31)9-11-29(12-10-23)19-8-3-2-7-17(19)27-20(30)18-14-32-21(28-18)15-5-4-6-16(24)13-15/h2-8,13-14,26H,9-12H2,1H3,(H2,25,31)(H,27,30). The Bertz CT molecular complexity index is 1140. The Morgan fingerprint density at radius 1 is 1.16 bits per heavy atom. The summed E-state index contributed by atoms with van der Waals surface area (Å²) in [5.41, 5.74) is 7.33. The maximum atomic E-state index is 13.5. The lowest BCUT2D eigenvalue weighted by Crippen LogP contribution is -2.59. The normalized spacial score (nSPS) is 15.4. The summed E-state index contributed by atoms with van der Waals surface area (Å²) in [7, 11) is 1.75. The van der Waals surface area contributed by atoms with E-state index < -0.39 is 5.54 Å². The van der Waals surface area contributed by atoms with Gasteiger partial charge in [0.05, 0.1) is 11.4 Å². The number of primary amides is 1. The molecule has 0 aliphatic carbocycles. The number of thiazole rings is 1. The number of carbonyl (C=O) groups is 2. The van der Waals surface area contributed by atoms with E-state index in [1.54, 1.807) is 24.6 Å². The summed E-state index contributed by atoms with van der Waals surface area (Å²) in [6.07, 6.45) is 1.15. The van der Waals surface area contributed by atoms with Crippen LogP contribution in [0.5, 0.6) is 0 Å². The van der Waals surface area contributed by atoms with Crippen molar-refractivity contribution in [2.24, 2.45) is 5.73 Å². The molecule has 2 amide bonds. The molecule has 3 aromatic rings. The summed E-state index contributed by atoms with van der Waals surface area (Å²) in [5, 5.41) is 8.25. The molecule has 4 rings (SSSR count). The molecule has 0 bridgehead atoms. The summed E-state index contributed by atoms with van der Waals surface area (Å²) < 4.78 is 13.5. The van der Waals surface area contributed by atoms with Crippen molar-refractivity contribution < 1.29 is 14.0 Å². The van der Waals surface area contributed by atoms with Crippen LogP contribution in [0.2, 0.25) is 0 Å². The van der Waals surface area contributed by atoms with Gasteiger partial charge < -0.3 is 21.3 Å². The summed E-state index contributed by atoms with van der Waals surface area (Å²) in [6.45, 7) is 1.24. The average Bonchev–Trinajstić information content (AvgIpc) is 3.30. The van der Waals surface area contributed by atoms with Gasteiger partial charge in [-0.3, -0.25) is 9.59 Å². The van der Waals surface area contributed by atoms with E-state index in [9.17, 15) is 14.0 Å². The fourth-order valence-electron chi connectivity index (χ4n) is 3.92. The molecule has 0 atom stereocenters. The van der Waals surface area contributed by atoms with Gasteiger partial charge in [0.2, 0.25) is 5.91 Å². The highest BCUT2D eigenvalue weighted by molar-refractivity contribution is 7.13. The van der Waals surface area contributed by atoms with Crippen molar-refractivity contribution in [2.45, 2.75) is 18.4 Å². The van der Waals surface area contributed by atoms with E-state index in [2.05, 4.69) is 20.5 Å². The van der Waals surface area contributed by atoms with E-state index >= 15 is 0 Å². The van der Waals surface area contributed by atoms with Crippen molar-refractivity contribution in [3.63, 3.8) is 0 Å². The number of benzene rings is 2. The van der Waals surface area contributed by atoms with Crippen LogP contribution < -0.4 is 21.3 Å². The third-order valence-electron chi connectivity index (χ3n) is 5.87. The Hall–Kier alpha value is -3.30. The minimum absolute atomic E-state index is 0.269. The Labute approximate surface area is 189 Å². The molecule has 32 heavy (non-hydrogen) atoms. The van der Waals surface area contributed by atoms with Crippen molar-refractivity contribution in [1.29, 1.82) is 0 Å². The number of anilines is 2. The number of hydrogen-bond acceptors (Lipinski definition) is 6. The van der Waals surface area contributed by atoms with Gasteiger partial charge in [-0.25, -0.2) is 9.37 Å². The number of hydrogen-bond donors (Lipinski definition) is 3. The van der Waals surface area contributed by atoms with Crippen molar-refractivity contribution >= 4 is 34.5 Å². The molecule has 9 heteroatoms. The van der Waals surface area contributed by atoms with E-state index in [1.165, 1.54) is 23.5 Å². The van der Waals surface area contributed by atoms with Gasteiger partial charge in [-0.15, -0.1) is 11.3 Å². The first-order valence-corrected chi connectivity index (χ1v) is 11.2. The zero-order chi connectivity index (χ0) is 22.7. The summed E-state index contributed by atoms with van der Waals surface area (Å²) in [4.78, 5) is 31.3. The van der Waals surface area contributed by atoms with Crippen molar-refractivity contribution in [2.75, 3.05) is 30.4 Å². The Morgan fingerprint density at radius 2 is 1.91 bits per heavy atom. The first-order valence-electron chi connectivity index (χ1n) is 10.3. The average molecular weight is 454 g/mol. The molecule has 1 aromatic heterocycles. The second-order valence-electron chi connectivity index (χ2n) is 7.70. The molecule has 4 N–H and O–H groups in total. The summed E-state index contributed by atoms with van der Waals surface area (Å²) in [6, 6.07) is 13.7. The van der Waals surface area contributed by atoms with Crippen LogP contribution in [0.15, 0.2) is 53.9 Å². The zero-order valence-electron chi connectivity index (χ0n) is 17.6. The number of halogens is 1. The smallest absolute Gasteiger partial charge is 0.275 e. The molecular weight excluding hydrogens is 429 g/mol. The molecule has 1 fully saturated rings. The molecule has 7 nitrogen and oxygen atoms in total. The monoisotopic (exact) mass is 453 g/mol. The highest BCUT2D eigenvalue weighted by Crippen LogP contribution is 2.32. The number of carbonyl (C=O) groups excluding carboxylic acids is 2. The number of amides is 2. The van der Waals surface area contributed by atoms with Crippen LogP contribution >= 0.6 is 11.3 Å². The topological polar surface area (TPSA) is 100 Å². The van der Waals surface area contributed by atoms with E-state index in [4.69, 9.17) is 5.73 Å². The zero-order valence-corrected chi connectivity index (χ0v) is 18.4.